The van der Waals surface area contributed by atoms with Crippen molar-refractivity contribution in [3.05, 3.63) is 53.8 Å². The molecule has 1 aromatic carbocycles. The Morgan fingerprint density at radius 2 is 1.83 bits per heavy atom. The fraction of sp³-hybridized carbons (Fsp3) is 0.263. The number of hydrogen-bond donors (Lipinski definition) is 0. The maximum Gasteiger partial charge on any atom is 0.336 e. The van der Waals surface area contributed by atoms with Gasteiger partial charge >= 0.3 is 11.9 Å². The quantitative estimate of drug-likeness (QED) is 0.484. The lowest BCUT2D eigenvalue weighted by atomic mass is 9.97. The zero-order valence-electron chi connectivity index (χ0n) is 14.1. The van der Waals surface area contributed by atoms with Gasteiger partial charge in [-0.25, -0.2) is 9.69 Å². The summed E-state index contributed by atoms with van der Waals surface area (Å²) in [5.74, 6) is 2.54. The number of imide groups is 1. The topological polar surface area (TPSA) is 63.7 Å². The van der Waals surface area contributed by atoms with Gasteiger partial charge in [0.1, 0.15) is 0 Å². The molecule has 0 saturated heterocycles. The lowest BCUT2D eigenvalue weighted by Crippen LogP contribution is -2.56. The van der Waals surface area contributed by atoms with Crippen molar-refractivity contribution in [3.8, 4) is 11.8 Å². The summed E-state index contributed by atoms with van der Waals surface area (Å²) in [5, 5.41) is 0. The molecule has 0 aliphatic rings. The third kappa shape index (κ3) is 4.01. The highest BCUT2D eigenvalue weighted by Crippen LogP contribution is 2.22. The number of benzene rings is 1. The molecule has 1 aromatic rings. The first-order valence-electron chi connectivity index (χ1n) is 7.25. The second kappa shape index (κ2) is 8.52. The molecule has 0 heterocycles. The molecule has 24 heavy (non-hydrogen) atoms. The van der Waals surface area contributed by atoms with E-state index in [-0.39, 0.29) is 5.56 Å². The van der Waals surface area contributed by atoms with Gasteiger partial charge in [0.15, 0.2) is 5.54 Å². The molecular weight excluding hydrogens is 306 g/mol. The van der Waals surface area contributed by atoms with E-state index in [0.29, 0.717) is 0 Å². The van der Waals surface area contributed by atoms with Gasteiger partial charge in [-0.1, -0.05) is 24.1 Å². The first-order valence-corrected chi connectivity index (χ1v) is 7.25. The second-order valence-corrected chi connectivity index (χ2v) is 4.93. The Hall–Kier alpha value is -3.09. The maximum absolute atomic E-state index is 12.9. The molecule has 0 fully saturated rings. The van der Waals surface area contributed by atoms with Crippen molar-refractivity contribution in [2.45, 2.75) is 26.3 Å². The molecular formula is C19H19NO4. The summed E-state index contributed by atoms with van der Waals surface area (Å²) in [6, 6.07) is 8.18. The van der Waals surface area contributed by atoms with Crippen molar-refractivity contribution in [2.24, 2.45) is 0 Å². The minimum atomic E-state index is -1.67. The highest BCUT2D eigenvalue weighted by Gasteiger charge is 2.45. The predicted molar refractivity (Wildman–Crippen MR) is 89.8 cm³/mol. The zero-order valence-corrected chi connectivity index (χ0v) is 14.1. The number of nitrogens with zero attached hydrogens (tertiary/aromatic N) is 1. The van der Waals surface area contributed by atoms with Gasteiger partial charge in [-0.05, 0) is 51.0 Å². The average Bonchev–Trinajstić information content (AvgIpc) is 2.60. The Kier molecular flexibility index (Phi) is 6.73. The van der Waals surface area contributed by atoms with Crippen LogP contribution in [0.4, 0.5) is 0 Å². The van der Waals surface area contributed by atoms with Crippen LogP contribution in [-0.4, -0.2) is 35.3 Å². The highest BCUT2D eigenvalue weighted by atomic mass is 16.5. The molecule has 5 nitrogen and oxygen atoms in total. The van der Waals surface area contributed by atoms with E-state index < -0.39 is 23.3 Å². The minimum absolute atomic E-state index is 0.257. The van der Waals surface area contributed by atoms with Gasteiger partial charge in [0.05, 0.1) is 7.11 Å². The van der Waals surface area contributed by atoms with E-state index in [4.69, 9.17) is 4.74 Å². The van der Waals surface area contributed by atoms with Crippen LogP contribution in [-0.2, 0) is 14.3 Å². The second-order valence-electron chi connectivity index (χ2n) is 4.93. The van der Waals surface area contributed by atoms with Crippen LogP contribution in [0.25, 0.3) is 0 Å². The summed E-state index contributed by atoms with van der Waals surface area (Å²) in [4.78, 5) is 38.4. The van der Waals surface area contributed by atoms with Gasteiger partial charge in [-0.2, -0.15) is 0 Å². The van der Waals surface area contributed by atoms with E-state index in [1.54, 1.807) is 43.3 Å². The number of amides is 2. The van der Waals surface area contributed by atoms with E-state index in [0.717, 1.165) is 4.90 Å². The Labute approximate surface area is 141 Å². The monoisotopic (exact) mass is 325 g/mol. The van der Waals surface area contributed by atoms with Crippen LogP contribution in [0.5, 0.6) is 0 Å². The standard InChI is InChI=1S/C19H19NO4/c1-5-7-14-19(3,18(23)24-4)20(16(21)11-6-2)17(22)15-12-9-8-10-13-15/h5,8-10,12-14H,1-4H3. The molecule has 0 radical (unpaired) electrons. The number of ether oxygens (including phenoxy) is 1. The fourth-order valence-electron chi connectivity index (χ4n) is 2.05. The van der Waals surface area contributed by atoms with Gasteiger partial charge in [0, 0.05) is 5.56 Å². The lowest BCUT2D eigenvalue weighted by Gasteiger charge is -2.33. The molecule has 1 unspecified atom stereocenters. The van der Waals surface area contributed by atoms with Crippen molar-refractivity contribution >= 4 is 17.8 Å². The van der Waals surface area contributed by atoms with Gasteiger partial charge < -0.3 is 4.74 Å². The van der Waals surface area contributed by atoms with Crippen LogP contribution in [0.2, 0.25) is 0 Å². The van der Waals surface area contributed by atoms with Crippen molar-refractivity contribution in [2.75, 3.05) is 7.11 Å². The summed E-state index contributed by atoms with van der Waals surface area (Å²) in [6.07, 6.45) is 2.87. The van der Waals surface area contributed by atoms with Gasteiger partial charge in [-0.3, -0.25) is 9.59 Å². The van der Waals surface area contributed by atoms with E-state index in [2.05, 4.69) is 17.6 Å². The van der Waals surface area contributed by atoms with Gasteiger partial charge in [-0.15, -0.1) is 5.73 Å². The molecule has 0 aliphatic heterocycles. The molecule has 2 amide bonds. The molecule has 0 aliphatic carbocycles. The molecule has 0 N–H and O–H groups in total. The fourth-order valence-corrected chi connectivity index (χ4v) is 2.05. The smallest absolute Gasteiger partial charge is 0.336 e. The van der Waals surface area contributed by atoms with Crippen LogP contribution in [0.3, 0.4) is 0 Å². The van der Waals surface area contributed by atoms with Crippen molar-refractivity contribution in [1.29, 1.82) is 0 Å². The minimum Gasteiger partial charge on any atom is -0.467 e. The summed E-state index contributed by atoms with van der Waals surface area (Å²) in [7, 11) is 1.19. The van der Waals surface area contributed by atoms with Crippen LogP contribution in [0.15, 0.2) is 48.2 Å². The van der Waals surface area contributed by atoms with Crippen LogP contribution in [0, 0.1) is 11.8 Å². The maximum atomic E-state index is 12.9. The first kappa shape index (κ1) is 19.0. The molecule has 0 spiro atoms. The molecule has 1 atom stereocenters. The van der Waals surface area contributed by atoms with Crippen LogP contribution in [0.1, 0.15) is 31.1 Å². The Morgan fingerprint density at radius 1 is 1.21 bits per heavy atom. The number of carbonyl (C=O) groups excluding carboxylic acids is 3. The lowest BCUT2D eigenvalue weighted by molar-refractivity contribution is -0.153. The van der Waals surface area contributed by atoms with E-state index in [1.165, 1.54) is 27.0 Å². The van der Waals surface area contributed by atoms with Gasteiger partial charge in [0.25, 0.3) is 5.91 Å². The van der Waals surface area contributed by atoms with E-state index in [1.807, 2.05) is 0 Å². The molecule has 0 bridgehead atoms. The van der Waals surface area contributed by atoms with E-state index in [9.17, 15) is 14.4 Å². The van der Waals surface area contributed by atoms with Crippen molar-refractivity contribution in [1.82, 2.24) is 4.90 Å². The SMILES string of the molecule is CC#CC(=O)N(C(=O)c1ccccc1)C(C)(C=C=CC)C(=O)OC. The predicted octanol–water partition coefficient (Wildman–Crippen LogP) is 2.34. The Morgan fingerprint density at radius 3 is 2.33 bits per heavy atom. The van der Waals surface area contributed by atoms with Gasteiger partial charge in [0.2, 0.25) is 0 Å². The number of carbonyl (C=O) groups is 3. The largest absolute Gasteiger partial charge is 0.467 e. The molecule has 0 aromatic heterocycles. The Bertz CT molecular complexity index is 745. The normalized spacial score (nSPS) is 11.7. The number of rotatable bonds is 4. The van der Waals surface area contributed by atoms with Crippen molar-refractivity contribution < 1.29 is 19.1 Å². The number of esters is 1. The number of methoxy groups -OCH3 is 1. The summed E-state index contributed by atoms with van der Waals surface area (Å²) >= 11 is 0. The third-order valence-corrected chi connectivity index (χ3v) is 3.25. The van der Waals surface area contributed by atoms with Crippen LogP contribution < -0.4 is 0 Å². The van der Waals surface area contributed by atoms with E-state index >= 15 is 0 Å². The number of hydrogen-bond acceptors (Lipinski definition) is 4. The van der Waals surface area contributed by atoms with Crippen molar-refractivity contribution in [3.63, 3.8) is 0 Å². The summed E-state index contributed by atoms with van der Waals surface area (Å²) in [5.41, 5.74) is 1.33. The Balaban J connectivity index is 3.57. The molecule has 124 valence electrons. The summed E-state index contributed by atoms with van der Waals surface area (Å²) < 4.78 is 4.79. The highest BCUT2D eigenvalue weighted by molar-refractivity contribution is 6.13. The zero-order chi connectivity index (χ0) is 18.2. The molecule has 0 saturated carbocycles. The summed E-state index contributed by atoms with van der Waals surface area (Å²) in [6.45, 7) is 4.58. The molecule has 1 rings (SSSR count). The third-order valence-electron chi connectivity index (χ3n) is 3.25. The molecule has 5 heteroatoms. The average molecular weight is 325 g/mol. The first-order chi connectivity index (χ1) is 11.4. The van der Waals surface area contributed by atoms with Crippen LogP contribution >= 0.6 is 0 Å².